The van der Waals surface area contributed by atoms with Crippen LogP contribution in [-0.4, -0.2) is 24.3 Å². The van der Waals surface area contributed by atoms with E-state index < -0.39 is 0 Å². The highest BCUT2D eigenvalue weighted by Gasteiger charge is 2.32. The van der Waals surface area contributed by atoms with Gasteiger partial charge in [0.25, 0.3) is 5.91 Å². The van der Waals surface area contributed by atoms with Crippen molar-refractivity contribution < 1.29 is 4.79 Å². The van der Waals surface area contributed by atoms with Crippen molar-refractivity contribution in [1.29, 1.82) is 0 Å². The molecule has 0 radical (unpaired) electrons. The lowest BCUT2D eigenvalue weighted by Crippen LogP contribution is -2.27. The number of carbonyl (C=O) groups is 1. The van der Waals surface area contributed by atoms with E-state index in [0.29, 0.717) is 14.2 Å². The summed E-state index contributed by atoms with van der Waals surface area (Å²) in [4.78, 5) is 16.8. The predicted octanol–water partition coefficient (Wildman–Crippen LogP) is 5.37. The Hall–Kier alpha value is -2.08. The average molecular weight is 401 g/mol. The van der Waals surface area contributed by atoms with Gasteiger partial charge in [-0.25, -0.2) is 0 Å². The molecule has 2 aromatic rings. The van der Waals surface area contributed by atoms with Crippen molar-refractivity contribution in [3.63, 3.8) is 0 Å². The number of thiocarbonyl (C=S) groups is 1. The first-order valence-corrected chi connectivity index (χ1v) is 9.53. The van der Waals surface area contributed by atoms with E-state index in [9.17, 15) is 4.79 Å². The summed E-state index contributed by atoms with van der Waals surface area (Å²) in [5.41, 5.74) is 2.94. The van der Waals surface area contributed by atoms with Crippen LogP contribution < -0.4 is 9.80 Å². The van der Waals surface area contributed by atoms with Crippen LogP contribution in [0.5, 0.6) is 0 Å². The van der Waals surface area contributed by atoms with Gasteiger partial charge < -0.3 is 4.90 Å². The van der Waals surface area contributed by atoms with E-state index in [2.05, 4.69) is 17.0 Å². The van der Waals surface area contributed by atoms with Gasteiger partial charge in [0.15, 0.2) is 4.32 Å². The molecule has 1 aliphatic rings. The summed E-state index contributed by atoms with van der Waals surface area (Å²) in [5.74, 6) is -0.116. The van der Waals surface area contributed by atoms with Crippen LogP contribution in [-0.2, 0) is 4.79 Å². The summed E-state index contributed by atoms with van der Waals surface area (Å²) in [6.45, 7) is 0. The van der Waals surface area contributed by atoms with Crippen molar-refractivity contribution >= 4 is 63.3 Å². The molecule has 0 aliphatic carbocycles. The highest BCUT2D eigenvalue weighted by molar-refractivity contribution is 8.27. The molecule has 1 saturated heterocycles. The Bertz CT molecular complexity index is 887. The molecule has 2 aromatic carbocycles. The molecule has 1 aliphatic heterocycles. The second-order valence-electron chi connectivity index (χ2n) is 5.86. The van der Waals surface area contributed by atoms with Crippen molar-refractivity contribution in [3.8, 4) is 0 Å². The predicted molar refractivity (Wildman–Crippen MR) is 117 cm³/mol. The highest BCUT2D eigenvalue weighted by atomic mass is 35.5. The van der Waals surface area contributed by atoms with E-state index in [1.165, 1.54) is 16.7 Å². The molecular weight excluding hydrogens is 384 g/mol. The van der Waals surface area contributed by atoms with E-state index in [4.69, 9.17) is 23.8 Å². The number of carbonyl (C=O) groups excluding carboxylic acids is 1. The Morgan fingerprint density at radius 2 is 1.73 bits per heavy atom. The van der Waals surface area contributed by atoms with Gasteiger partial charge >= 0.3 is 0 Å². The van der Waals surface area contributed by atoms with Crippen LogP contribution in [0, 0.1) is 0 Å². The van der Waals surface area contributed by atoms with Gasteiger partial charge in [0.1, 0.15) is 0 Å². The highest BCUT2D eigenvalue weighted by Crippen LogP contribution is 2.35. The molecule has 1 fully saturated rings. The summed E-state index contributed by atoms with van der Waals surface area (Å²) < 4.78 is 0.521. The monoisotopic (exact) mass is 400 g/mol. The Labute approximate surface area is 167 Å². The number of anilines is 2. The lowest BCUT2D eigenvalue weighted by atomic mass is 10.2. The van der Waals surface area contributed by atoms with Crippen molar-refractivity contribution in [2.24, 2.45) is 0 Å². The minimum atomic E-state index is -0.116. The number of amides is 1. The molecule has 1 heterocycles. The van der Waals surface area contributed by atoms with Gasteiger partial charge in [-0.3, -0.25) is 9.69 Å². The first-order valence-electron chi connectivity index (χ1n) is 7.93. The maximum Gasteiger partial charge on any atom is 0.270 e. The maximum atomic E-state index is 12.6. The second-order valence-corrected chi connectivity index (χ2v) is 7.97. The van der Waals surface area contributed by atoms with Crippen molar-refractivity contribution in [3.05, 3.63) is 76.2 Å². The summed E-state index contributed by atoms with van der Waals surface area (Å²) in [7, 11) is 4.01. The van der Waals surface area contributed by atoms with Crippen LogP contribution in [0.15, 0.2) is 65.6 Å². The van der Waals surface area contributed by atoms with Crippen LogP contribution in [0.25, 0.3) is 6.08 Å². The van der Waals surface area contributed by atoms with Gasteiger partial charge in [-0.15, -0.1) is 0 Å². The van der Waals surface area contributed by atoms with Gasteiger partial charge in [0.05, 0.1) is 10.6 Å². The van der Waals surface area contributed by atoms with Crippen LogP contribution in [0.3, 0.4) is 0 Å². The zero-order chi connectivity index (χ0) is 18.7. The van der Waals surface area contributed by atoms with E-state index in [1.54, 1.807) is 30.3 Å². The number of hydrogen-bond acceptors (Lipinski definition) is 4. The average Bonchev–Trinajstić information content (AvgIpc) is 2.90. The third kappa shape index (κ3) is 4.18. The molecule has 26 heavy (non-hydrogen) atoms. The number of hydrogen-bond donors (Lipinski definition) is 0. The molecule has 132 valence electrons. The van der Waals surface area contributed by atoms with E-state index >= 15 is 0 Å². The Morgan fingerprint density at radius 1 is 1.08 bits per heavy atom. The van der Waals surface area contributed by atoms with E-state index in [0.717, 1.165) is 16.9 Å². The topological polar surface area (TPSA) is 23.6 Å². The molecule has 0 unspecified atom stereocenters. The maximum absolute atomic E-state index is 12.6. The number of nitrogens with zero attached hydrogens (tertiary/aromatic N) is 2. The number of allylic oxidation sites excluding steroid dienone is 2. The summed E-state index contributed by atoms with van der Waals surface area (Å²) in [5, 5.41) is 0.623. The van der Waals surface area contributed by atoms with Crippen LogP contribution >= 0.6 is 35.6 Å². The molecule has 3 nitrogen and oxygen atoms in total. The molecule has 3 rings (SSSR count). The molecule has 0 saturated carbocycles. The van der Waals surface area contributed by atoms with Crippen LogP contribution in [0.4, 0.5) is 11.4 Å². The van der Waals surface area contributed by atoms with Crippen molar-refractivity contribution in [2.45, 2.75) is 0 Å². The Balaban J connectivity index is 1.74. The molecule has 0 aromatic heterocycles. The number of halogens is 1. The molecule has 1 amide bonds. The third-order valence-electron chi connectivity index (χ3n) is 3.82. The summed E-state index contributed by atoms with van der Waals surface area (Å²) in [6.07, 6.45) is 5.64. The second kappa shape index (κ2) is 8.08. The van der Waals surface area contributed by atoms with Crippen molar-refractivity contribution in [1.82, 2.24) is 0 Å². The smallest absolute Gasteiger partial charge is 0.270 e. The fourth-order valence-electron chi connectivity index (χ4n) is 2.42. The number of benzene rings is 2. The van der Waals surface area contributed by atoms with Gasteiger partial charge in [-0.05, 0) is 48.0 Å². The number of rotatable bonds is 4. The minimum absolute atomic E-state index is 0.116. The summed E-state index contributed by atoms with van der Waals surface area (Å²) >= 11 is 12.6. The minimum Gasteiger partial charge on any atom is -0.378 e. The molecule has 6 heteroatoms. The fraction of sp³-hybridized carbons (Fsp3) is 0.100. The van der Waals surface area contributed by atoms with Gasteiger partial charge in [0, 0.05) is 24.8 Å². The first-order chi connectivity index (χ1) is 12.5. The quantitative estimate of drug-likeness (QED) is 0.508. The SMILES string of the molecule is CN(C)c1ccc(/C=C/C=C2\SC(=S)N(c3ccc(Cl)cc3)C2=O)cc1. The van der Waals surface area contributed by atoms with Crippen LogP contribution in [0.1, 0.15) is 5.56 Å². The molecular formula is C20H17ClN2OS2. The largest absolute Gasteiger partial charge is 0.378 e. The van der Waals surface area contributed by atoms with E-state index in [1.807, 2.05) is 38.4 Å². The zero-order valence-electron chi connectivity index (χ0n) is 14.3. The lowest BCUT2D eigenvalue weighted by Gasteiger charge is -2.14. The molecule has 0 spiro atoms. The fourth-order valence-corrected chi connectivity index (χ4v) is 3.80. The normalized spacial score (nSPS) is 16.1. The summed E-state index contributed by atoms with van der Waals surface area (Å²) in [6, 6.07) is 15.3. The van der Waals surface area contributed by atoms with E-state index in [-0.39, 0.29) is 5.91 Å². The molecule has 0 bridgehead atoms. The van der Waals surface area contributed by atoms with Crippen LogP contribution in [0.2, 0.25) is 5.02 Å². The zero-order valence-corrected chi connectivity index (χ0v) is 16.7. The van der Waals surface area contributed by atoms with Crippen molar-refractivity contribution in [2.75, 3.05) is 23.9 Å². The number of thioether (sulfide) groups is 1. The third-order valence-corrected chi connectivity index (χ3v) is 5.40. The first kappa shape index (κ1) is 18.7. The van der Waals surface area contributed by atoms with Gasteiger partial charge in [-0.2, -0.15) is 0 Å². The van der Waals surface area contributed by atoms with Gasteiger partial charge in [0.2, 0.25) is 0 Å². The van der Waals surface area contributed by atoms with Gasteiger partial charge in [-0.1, -0.05) is 59.9 Å². The lowest BCUT2D eigenvalue weighted by molar-refractivity contribution is -0.113. The standard InChI is InChI=1S/C20H17ClN2OS2/c1-22(2)16-10-6-14(7-11-16)4-3-5-18-19(24)23(20(25)26-18)17-12-8-15(21)9-13-17/h3-13H,1-2H3/b4-3+,18-5-. The molecule has 0 atom stereocenters. The Kier molecular flexibility index (Phi) is 5.81. The molecule has 0 N–H and O–H groups in total. The Morgan fingerprint density at radius 3 is 2.35 bits per heavy atom.